The molecule has 0 radical (unpaired) electrons. The molecule has 11 heteroatoms. The predicted molar refractivity (Wildman–Crippen MR) is 123 cm³/mol. The van der Waals surface area contributed by atoms with Gasteiger partial charge < -0.3 is 24.4 Å². The highest BCUT2D eigenvalue weighted by Crippen LogP contribution is 2.23. The second kappa shape index (κ2) is 10.6. The van der Waals surface area contributed by atoms with Crippen LogP contribution in [0.1, 0.15) is 5.56 Å². The second-order valence-corrected chi connectivity index (χ2v) is 6.99. The van der Waals surface area contributed by atoms with E-state index in [-0.39, 0.29) is 11.8 Å². The molecule has 4 rings (SSSR count). The fraction of sp³-hybridized carbons (Fsp3) is 0.273. The lowest BCUT2D eigenvalue weighted by Gasteiger charge is -2.27. The molecule has 3 aromatic rings. The zero-order chi connectivity index (χ0) is 23.0. The Balaban J connectivity index is 1.57. The van der Waals surface area contributed by atoms with Gasteiger partial charge in [-0.2, -0.15) is 20.1 Å². The number of anilines is 4. The van der Waals surface area contributed by atoms with Gasteiger partial charge in [0.1, 0.15) is 17.3 Å². The molecule has 1 aliphatic rings. The van der Waals surface area contributed by atoms with Crippen LogP contribution in [0, 0.1) is 5.82 Å². The lowest BCUT2D eigenvalue weighted by atomic mass is 10.2. The number of rotatable bonds is 8. The summed E-state index contributed by atoms with van der Waals surface area (Å²) in [4.78, 5) is 15.4. The van der Waals surface area contributed by atoms with Crippen LogP contribution in [-0.2, 0) is 4.74 Å². The van der Waals surface area contributed by atoms with Gasteiger partial charge in [0.15, 0.2) is 0 Å². The molecular formula is C22H24FN7O3. The molecule has 10 nitrogen and oxygen atoms in total. The van der Waals surface area contributed by atoms with E-state index in [2.05, 4.69) is 30.8 Å². The van der Waals surface area contributed by atoms with Crippen LogP contribution in [0.5, 0.6) is 11.5 Å². The molecular weight excluding hydrogens is 429 g/mol. The van der Waals surface area contributed by atoms with Crippen molar-refractivity contribution in [1.29, 1.82) is 0 Å². The molecule has 2 heterocycles. The maximum atomic E-state index is 13.2. The van der Waals surface area contributed by atoms with E-state index in [0.717, 1.165) is 5.56 Å². The number of morpholine rings is 1. The second-order valence-electron chi connectivity index (χ2n) is 6.99. The Labute approximate surface area is 190 Å². The molecule has 0 unspecified atom stereocenters. The molecule has 0 aliphatic carbocycles. The van der Waals surface area contributed by atoms with Gasteiger partial charge in [-0.15, -0.1) is 0 Å². The van der Waals surface area contributed by atoms with Crippen LogP contribution in [0.3, 0.4) is 0 Å². The third-order valence-corrected chi connectivity index (χ3v) is 4.83. The fourth-order valence-electron chi connectivity index (χ4n) is 3.12. The number of halogens is 1. The van der Waals surface area contributed by atoms with E-state index in [9.17, 15) is 4.39 Å². The molecule has 33 heavy (non-hydrogen) atoms. The average molecular weight is 453 g/mol. The minimum atomic E-state index is -0.323. The van der Waals surface area contributed by atoms with Crippen molar-refractivity contribution in [3.05, 3.63) is 53.8 Å². The van der Waals surface area contributed by atoms with Crippen molar-refractivity contribution < 1.29 is 18.6 Å². The Morgan fingerprint density at radius 2 is 1.76 bits per heavy atom. The van der Waals surface area contributed by atoms with Crippen molar-refractivity contribution in [3.8, 4) is 11.5 Å². The number of nitrogens with zero attached hydrogens (tertiary/aromatic N) is 5. The normalized spacial score (nSPS) is 13.7. The van der Waals surface area contributed by atoms with Crippen LogP contribution < -0.4 is 25.1 Å². The molecule has 0 spiro atoms. The predicted octanol–water partition coefficient (Wildman–Crippen LogP) is 3.05. The van der Waals surface area contributed by atoms with Gasteiger partial charge in [0.05, 0.1) is 33.6 Å². The molecule has 0 bridgehead atoms. The summed E-state index contributed by atoms with van der Waals surface area (Å²) >= 11 is 0. The minimum Gasteiger partial charge on any atom is -0.497 e. The van der Waals surface area contributed by atoms with E-state index in [4.69, 9.17) is 14.2 Å². The molecule has 1 fully saturated rings. The SMILES string of the molecule is COc1ccc(/C=N/Nc2nc(Nc3ccc(F)cc3)nc(N3CCOCC3)n2)c(OC)c1. The summed E-state index contributed by atoms with van der Waals surface area (Å²) in [5, 5.41) is 7.33. The van der Waals surface area contributed by atoms with Gasteiger partial charge in [-0.25, -0.2) is 9.82 Å². The van der Waals surface area contributed by atoms with E-state index in [1.54, 1.807) is 38.6 Å². The molecule has 0 amide bonds. The first-order valence-electron chi connectivity index (χ1n) is 10.3. The summed E-state index contributed by atoms with van der Waals surface area (Å²) < 4.78 is 29.3. The van der Waals surface area contributed by atoms with Gasteiger partial charge in [0, 0.05) is 30.4 Å². The van der Waals surface area contributed by atoms with Gasteiger partial charge in [0.2, 0.25) is 17.8 Å². The number of hydrazone groups is 1. The van der Waals surface area contributed by atoms with Crippen LogP contribution in [0.4, 0.5) is 27.9 Å². The van der Waals surface area contributed by atoms with Crippen molar-refractivity contribution in [2.75, 3.05) is 56.2 Å². The number of methoxy groups -OCH3 is 2. The Kier molecular flexibility index (Phi) is 7.10. The van der Waals surface area contributed by atoms with Crippen molar-refractivity contribution in [3.63, 3.8) is 0 Å². The summed E-state index contributed by atoms with van der Waals surface area (Å²) in [6.07, 6.45) is 1.60. The smallest absolute Gasteiger partial charge is 0.250 e. The first kappa shape index (κ1) is 22.2. The summed E-state index contributed by atoms with van der Waals surface area (Å²) in [5.74, 6) is 2.01. The lowest BCUT2D eigenvalue weighted by Crippen LogP contribution is -2.37. The van der Waals surface area contributed by atoms with Crippen LogP contribution in [0.2, 0.25) is 0 Å². The number of hydrogen-bond donors (Lipinski definition) is 2. The summed E-state index contributed by atoms with van der Waals surface area (Å²) in [7, 11) is 3.17. The zero-order valence-corrected chi connectivity index (χ0v) is 18.3. The minimum absolute atomic E-state index is 0.250. The van der Waals surface area contributed by atoms with E-state index >= 15 is 0 Å². The molecule has 172 valence electrons. The monoisotopic (exact) mass is 453 g/mol. The summed E-state index contributed by atoms with van der Waals surface area (Å²) in [6, 6.07) is 11.3. The standard InChI is InChI=1S/C22H24FN7O3/c1-31-18-8-3-15(19(13-18)32-2)14-24-29-21-26-20(25-17-6-4-16(23)5-7-17)27-22(28-21)30-9-11-33-12-10-30/h3-8,13-14H,9-12H2,1-2H3,(H2,25,26,27,28,29)/b24-14+. The number of hydrogen-bond acceptors (Lipinski definition) is 10. The molecule has 0 saturated carbocycles. The van der Waals surface area contributed by atoms with Crippen LogP contribution in [0.25, 0.3) is 0 Å². The van der Waals surface area contributed by atoms with Gasteiger partial charge in [-0.3, -0.25) is 0 Å². The molecule has 2 N–H and O–H groups in total. The number of aromatic nitrogens is 3. The topological polar surface area (TPSA) is 106 Å². The van der Waals surface area contributed by atoms with E-state index in [0.29, 0.717) is 55.4 Å². The van der Waals surface area contributed by atoms with Gasteiger partial charge >= 0.3 is 0 Å². The van der Waals surface area contributed by atoms with Crippen molar-refractivity contribution in [2.24, 2.45) is 5.10 Å². The maximum Gasteiger partial charge on any atom is 0.250 e. The Bertz CT molecular complexity index is 1110. The molecule has 1 aromatic heterocycles. The fourth-order valence-corrected chi connectivity index (χ4v) is 3.12. The Morgan fingerprint density at radius 3 is 2.48 bits per heavy atom. The summed E-state index contributed by atoms with van der Waals surface area (Å²) in [6.45, 7) is 2.49. The molecule has 1 saturated heterocycles. The largest absolute Gasteiger partial charge is 0.497 e. The van der Waals surface area contributed by atoms with Crippen LogP contribution in [-0.4, -0.2) is 61.7 Å². The maximum absolute atomic E-state index is 13.2. The third kappa shape index (κ3) is 5.83. The molecule has 2 aromatic carbocycles. The lowest BCUT2D eigenvalue weighted by molar-refractivity contribution is 0.122. The van der Waals surface area contributed by atoms with Gasteiger partial charge in [-0.1, -0.05) is 0 Å². The van der Waals surface area contributed by atoms with Gasteiger partial charge in [-0.05, 0) is 36.4 Å². The Hall–Kier alpha value is -3.99. The quantitative estimate of drug-likeness (QED) is 0.393. The summed E-state index contributed by atoms with van der Waals surface area (Å²) in [5.41, 5.74) is 4.24. The highest BCUT2D eigenvalue weighted by Gasteiger charge is 2.17. The van der Waals surface area contributed by atoms with Gasteiger partial charge in [0.25, 0.3) is 0 Å². The number of benzene rings is 2. The average Bonchev–Trinajstić information content (AvgIpc) is 2.86. The van der Waals surface area contributed by atoms with Crippen LogP contribution in [0.15, 0.2) is 47.6 Å². The highest BCUT2D eigenvalue weighted by atomic mass is 19.1. The molecule has 0 atom stereocenters. The van der Waals surface area contributed by atoms with E-state index < -0.39 is 0 Å². The molecule has 1 aliphatic heterocycles. The first-order valence-corrected chi connectivity index (χ1v) is 10.3. The zero-order valence-electron chi connectivity index (χ0n) is 18.3. The number of nitrogens with one attached hydrogen (secondary N) is 2. The highest BCUT2D eigenvalue weighted by molar-refractivity contribution is 5.84. The third-order valence-electron chi connectivity index (χ3n) is 4.83. The number of ether oxygens (including phenoxy) is 3. The van der Waals surface area contributed by atoms with Crippen LogP contribution >= 0.6 is 0 Å². The van der Waals surface area contributed by atoms with Crippen molar-refractivity contribution >= 4 is 29.7 Å². The van der Waals surface area contributed by atoms with Crippen molar-refractivity contribution in [1.82, 2.24) is 15.0 Å². The first-order chi connectivity index (χ1) is 16.1. The van der Waals surface area contributed by atoms with E-state index in [1.807, 2.05) is 17.0 Å². The van der Waals surface area contributed by atoms with E-state index in [1.165, 1.54) is 12.1 Å². The Morgan fingerprint density at radius 1 is 1.00 bits per heavy atom. The van der Waals surface area contributed by atoms with Crippen molar-refractivity contribution in [2.45, 2.75) is 0 Å².